The molecule has 6 nitrogen and oxygen atoms in total. The number of nitrogens with zero attached hydrogens (tertiary/aromatic N) is 1. The predicted octanol–water partition coefficient (Wildman–Crippen LogP) is 7.42. The zero-order chi connectivity index (χ0) is 31.3. The molecule has 2 fully saturated rings. The van der Waals surface area contributed by atoms with Crippen molar-refractivity contribution in [2.75, 3.05) is 18.0 Å². The summed E-state index contributed by atoms with van der Waals surface area (Å²) in [6, 6.07) is 5.24. The topological polar surface area (TPSA) is 86.7 Å². The van der Waals surface area contributed by atoms with E-state index in [4.69, 9.17) is 23.2 Å². The minimum atomic E-state index is -4.75. The lowest BCUT2D eigenvalue weighted by Gasteiger charge is -2.30. The smallest absolute Gasteiger partial charge is 0.407 e. The van der Waals surface area contributed by atoms with Crippen LogP contribution in [0, 0.1) is 11.8 Å². The van der Waals surface area contributed by atoms with Gasteiger partial charge in [-0.15, -0.1) is 0 Å². The first-order valence-electron chi connectivity index (χ1n) is 14.8. The molecule has 43 heavy (non-hydrogen) atoms. The lowest BCUT2D eigenvalue weighted by Crippen LogP contribution is -2.46. The number of Topliss-reactive ketones (excluding diaryl/α,β-unsaturated/α-hetero) is 3. The molecule has 234 valence electrons. The highest BCUT2D eigenvalue weighted by atomic mass is 35.5. The summed E-state index contributed by atoms with van der Waals surface area (Å²) in [5, 5.41) is 12.3. The Bertz CT molecular complexity index is 1290. The van der Waals surface area contributed by atoms with E-state index in [0.29, 0.717) is 5.56 Å². The first kappa shape index (κ1) is 33.3. The van der Waals surface area contributed by atoms with Gasteiger partial charge in [-0.1, -0.05) is 42.3 Å². The Morgan fingerprint density at radius 2 is 1.63 bits per heavy atom. The number of ketones is 3. The molecule has 4 rings (SSSR count). The average molecular weight is 642 g/mol. The molecule has 0 amide bonds. The summed E-state index contributed by atoms with van der Waals surface area (Å²) in [5.41, 5.74) is 1.10. The molecule has 0 bridgehead atoms. The summed E-state index contributed by atoms with van der Waals surface area (Å²) < 4.78 is 43.6. The van der Waals surface area contributed by atoms with E-state index in [1.807, 2.05) is 0 Å². The van der Waals surface area contributed by atoms with E-state index in [9.17, 15) is 32.7 Å². The van der Waals surface area contributed by atoms with Gasteiger partial charge >= 0.3 is 6.18 Å². The van der Waals surface area contributed by atoms with Crippen LogP contribution < -0.4 is 10.2 Å². The summed E-state index contributed by atoms with van der Waals surface area (Å²) in [6.07, 6.45) is -0.0967. The molecule has 1 aliphatic carbocycles. The molecule has 2 aromatic carbocycles. The largest absolute Gasteiger partial charge is 0.505 e. The van der Waals surface area contributed by atoms with Crippen LogP contribution in [0.3, 0.4) is 0 Å². The van der Waals surface area contributed by atoms with Crippen LogP contribution in [-0.2, 0) is 20.8 Å². The monoisotopic (exact) mass is 640 g/mol. The molecule has 11 heteroatoms. The third-order valence-electron chi connectivity index (χ3n) is 8.30. The van der Waals surface area contributed by atoms with Gasteiger partial charge in [0, 0.05) is 37.5 Å². The first-order chi connectivity index (χ1) is 20.4. The van der Waals surface area contributed by atoms with Crippen LogP contribution in [0.1, 0.15) is 75.5 Å². The number of hydrogen-bond donors (Lipinski definition) is 2. The molecular weight excluding hydrogens is 604 g/mol. The Balaban J connectivity index is 1.60. The van der Waals surface area contributed by atoms with E-state index >= 15 is 0 Å². The van der Waals surface area contributed by atoms with E-state index < -0.39 is 41.5 Å². The highest BCUT2D eigenvalue weighted by molar-refractivity contribution is 6.38. The van der Waals surface area contributed by atoms with Crippen molar-refractivity contribution in [2.45, 2.75) is 83.0 Å². The number of benzene rings is 2. The van der Waals surface area contributed by atoms with Crippen molar-refractivity contribution in [3.05, 3.63) is 57.6 Å². The number of carbonyl (C=O) groups is 3. The van der Waals surface area contributed by atoms with Crippen LogP contribution in [0.25, 0.3) is 0 Å². The van der Waals surface area contributed by atoms with Gasteiger partial charge in [-0.25, -0.2) is 0 Å². The van der Waals surface area contributed by atoms with Crippen LogP contribution in [0.15, 0.2) is 36.4 Å². The van der Waals surface area contributed by atoms with Crippen LogP contribution in [0.2, 0.25) is 10.0 Å². The maximum absolute atomic E-state index is 14.5. The number of phenolic OH excluding ortho intramolecular Hbond substituents is 1. The molecule has 0 spiro atoms. The summed E-state index contributed by atoms with van der Waals surface area (Å²) in [6.45, 7) is 3.36. The Morgan fingerprint density at radius 3 is 2.16 bits per heavy atom. The number of nitrogens with one attached hydrogen (secondary N) is 1. The number of piperidine rings is 1. The fraction of sp³-hybridized carbons (Fsp3) is 0.531. The van der Waals surface area contributed by atoms with Crippen LogP contribution in [0.5, 0.6) is 5.75 Å². The zero-order valence-electron chi connectivity index (χ0n) is 24.1. The van der Waals surface area contributed by atoms with Crippen molar-refractivity contribution in [3.8, 4) is 5.75 Å². The number of aromatic hydroxyl groups is 1. The van der Waals surface area contributed by atoms with E-state index in [1.165, 1.54) is 24.3 Å². The van der Waals surface area contributed by atoms with Crippen molar-refractivity contribution in [1.29, 1.82) is 0 Å². The summed E-state index contributed by atoms with van der Waals surface area (Å²) in [4.78, 5) is 41.2. The summed E-state index contributed by atoms with van der Waals surface area (Å²) in [5.74, 6) is -2.95. The SMILES string of the molecule is CC[C@H](CC(=O)[C@H](Cc1cc(Cl)c(O)c(Cl)c1)N[C@@H](c1ccc(N2CCCCC2)cc1)C(F)(F)F)C(=O)C(=O)CC1CC1. The Morgan fingerprint density at radius 1 is 1.02 bits per heavy atom. The maximum Gasteiger partial charge on any atom is 0.407 e. The average Bonchev–Trinajstić information content (AvgIpc) is 3.80. The van der Waals surface area contributed by atoms with Gasteiger partial charge < -0.3 is 10.0 Å². The van der Waals surface area contributed by atoms with Gasteiger partial charge in [-0.3, -0.25) is 19.7 Å². The fourth-order valence-electron chi connectivity index (χ4n) is 5.57. The molecule has 0 radical (unpaired) electrons. The molecule has 3 atom stereocenters. The summed E-state index contributed by atoms with van der Waals surface area (Å²) in [7, 11) is 0. The van der Waals surface area contributed by atoms with Crippen LogP contribution in [0.4, 0.5) is 18.9 Å². The minimum Gasteiger partial charge on any atom is -0.505 e. The molecule has 0 unspecified atom stereocenters. The van der Waals surface area contributed by atoms with Gasteiger partial charge in [-0.2, -0.15) is 13.2 Å². The summed E-state index contributed by atoms with van der Waals surface area (Å²) >= 11 is 12.1. The van der Waals surface area contributed by atoms with Crippen molar-refractivity contribution < 1.29 is 32.7 Å². The van der Waals surface area contributed by atoms with Crippen molar-refractivity contribution in [2.24, 2.45) is 11.8 Å². The highest BCUT2D eigenvalue weighted by Crippen LogP contribution is 2.37. The number of carbonyl (C=O) groups excluding carboxylic acids is 3. The van der Waals surface area contributed by atoms with E-state index in [0.717, 1.165) is 50.9 Å². The van der Waals surface area contributed by atoms with Gasteiger partial charge in [0.2, 0.25) is 5.78 Å². The fourth-order valence-corrected chi connectivity index (χ4v) is 6.10. The number of alkyl halides is 3. The van der Waals surface area contributed by atoms with Crippen molar-refractivity contribution in [3.63, 3.8) is 0 Å². The molecule has 2 aliphatic rings. The lowest BCUT2D eigenvalue weighted by atomic mass is 9.87. The maximum atomic E-state index is 14.5. The Hall–Kier alpha value is -2.62. The number of hydrogen-bond acceptors (Lipinski definition) is 6. The number of halogens is 5. The molecule has 1 aliphatic heterocycles. The molecule has 1 heterocycles. The lowest BCUT2D eigenvalue weighted by molar-refractivity contribution is -0.160. The van der Waals surface area contributed by atoms with Crippen molar-refractivity contribution >= 4 is 46.2 Å². The van der Waals surface area contributed by atoms with Gasteiger partial charge in [0.25, 0.3) is 0 Å². The van der Waals surface area contributed by atoms with Gasteiger partial charge in [0.15, 0.2) is 17.3 Å². The zero-order valence-corrected chi connectivity index (χ0v) is 25.6. The van der Waals surface area contributed by atoms with Crippen LogP contribution in [-0.4, -0.2) is 47.8 Å². The molecule has 2 N–H and O–H groups in total. The minimum absolute atomic E-state index is 0.0597. The quantitative estimate of drug-likeness (QED) is 0.209. The van der Waals surface area contributed by atoms with Crippen molar-refractivity contribution in [1.82, 2.24) is 5.32 Å². The number of phenols is 1. The first-order valence-corrected chi connectivity index (χ1v) is 15.6. The van der Waals surface area contributed by atoms with Crippen LogP contribution >= 0.6 is 23.2 Å². The highest BCUT2D eigenvalue weighted by Gasteiger charge is 2.43. The second-order valence-electron chi connectivity index (χ2n) is 11.7. The standard InChI is InChI=1S/C32H37Cl2F3N2O4/c1-2-21(29(42)28(41)17-19-6-7-19)18-27(40)26(16-20-14-24(33)30(43)25(34)15-20)38-31(32(35,36)37)22-8-10-23(11-9-22)39-12-4-3-5-13-39/h8-11,14-15,19,21,26,31,38,43H,2-7,12-13,16-18H2,1H3/t21-,26+,31+/m1/s1. The third-order valence-corrected chi connectivity index (χ3v) is 8.88. The Labute approximate surface area is 259 Å². The Kier molecular flexibility index (Phi) is 11.2. The van der Waals surface area contributed by atoms with E-state index in [-0.39, 0.29) is 53.0 Å². The second kappa shape index (κ2) is 14.4. The normalized spacial score (nSPS) is 17.8. The molecule has 0 aromatic heterocycles. The molecule has 1 saturated carbocycles. The number of anilines is 1. The van der Waals surface area contributed by atoms with Gasteiger partial charge in [0.05, 0.1) is 16.1 Å². The molecule has 2 aromatic rings. The molecule has 1 saturated heterocycles. The predicted molar refractivity (Wildman–Crippen MR) is 161 cm³/mol. The van der Waals surface area contributed by atoms with E-state index in [2.05, 4.69) is 10.2 Å². The number of rotatable bonds is 14. The van der Waals surface area contributed by atoms with Gasteiger partial charge in [-0.05, 0) is 86.3 Å². The van der Waals surface area contributed by atoms with E-state index in [1.54, 1.807) is 19.1 Å². The second-order valence-corrected chi connectivity index (χ2v) is 12.5. The van der Waals surface area contributed by atoms with Gasteiger partial charge in [0.1, 0.15) is 6.04 Å². The molecular formula is C32H37Cl2F3N2O4. The third kappa shape index (κ3) is 8.96.